The highest BCUT2D eigenvalue weighted by molar-refractivity contribution is 9.09. The van der Waals surface area contributed by atoms with Crippen LogP contribution in [0.4, 0.5) is 0 Å². The molecule has 0 saturated heterocycles. The zero-order valence-corrected chi connectivity index (χ0v) is 13.8. The summed E-state index contributed by atoms with van der Waals surface area (Å²) in [4.78, 5) is 0. The normalized spacial score (nSPS) is 32.5. The number of alkyl halides is 1. The number of rotatable bonds is 4. The average molecular weight is 305 g/mol. The van der Waals surface area contributed by atoms with E-state index in [2.05, 4.69) is 50.5 Å². The van der Waals surface area contributed by atoms with Crippen LogP contribution in [0.1, 0.15) is 66.7 Å². The summed E-state index contributed by atoms with van der Waals surface area (Å²) in [6.45, 7) is 11.5. The van der Waals surface area contributed by atoms with Crippen LogP contribution in [0.25, 0.3) is 0 Å². The summed E-state index contributed by atoms with van der Waals surface area (Å²) in [5.41, 5.74) is 0.562. The molecule has 1 nitrogen and oxygen atoms in total. The van der Waals surface area contributed by atoms with Gasteiger partial charge in [-0.3, -0.25) is 0 Å². The molecule has 1 atom stereocenters. The van der Waals surface area contributed by atoms with Gasteiger partial charge in [-0.2, -0.15) is 0 Å². The van der Waals surface area contributed by atoms with E-state index in [0.29, 0.717) is 11.5 Å². The Morgan fingerprint density at radius 1 is 1.29 bits per heavy atom. The monoisotopic (exact) mass is 304 g/mol. The van der Waals surface area contributed by atoms with E-state index in [9.17, 15) is 0 Å². The molecular formula is C15H29BrO. The van der Waals surface area contributed by atoms with Crippen molar-refractivity contribution in [1.29, 1.82) is 0 Å². The molecule has 0 aromatic rings. The Kier molecular flexibility index (Phi) is 5.52. The Morgan fingerprint density at radius 3 is 2.18 bits per heavy atom. The van der Waals surface area contributed by atoms with Gasteiger partial charge in [0.1, 0.15) is 0 Å². The second-order valence-corrected chi connectivity index (χ2v) is 7.35. The van der Waals surface area contributed by atoms with Gasteiger partial charge in [0.2, 0.25) is 0 Å². The summed E-state index contributed by atoms with van der Waals surface area (Å²) in [5.74, 6) is 0.857. The van der Waals surface area contributed by atoms with Gasteiger partial charge in [-0.15, -0.1) is 0 Å². The highest BCUT2D eigenvalue weighted by atomic mass is 79.9. The molecular weight excluding hydrogens is 276 g/mol. The first-order chi connectivity index (χ1) is 7.83. The Balaban J connectivity index is 2.57. The molecule has 0 bridgehead atoms. The number of halogens is 1. The van der Waals surface area contributed by atoms with Crippen molar-refractivity contribution >= 4 is 15.9 Å². The van der Waals surface area contributed by atoms with E-state index in [1.807, 2.05) is 0 Å². The van der Waals surface area contributed by atoms with Crippen molar-refractivity contribution in [3.8, 4) is 0 Å². The summed E-state index contributed by atoms with van der Waals surface area (Å²) in [5, 5.41) is 0.987. The van der Waals surface area contributed by atoms with E-state index >= 15 is 0 Å². The van der Waals surface area contributed by atoms with Crippen molar-refractivity contribution in [3.05, 3.63) is 0 Å². The fourth-order valence-electron chi connectivity index (χ4n) is 2.80. The highest BCUT2D eigenvalue weighted by Gasteiger charge is 2.39. The first-order valence-corrected chi connectivity index (χ1v) is 8.19. The second kappa shape index (κ2) is 6.06. The molecule has 0 radical (unpaired) electrons. The van der Waals surface area contributed by atoms with Crippen LogP contribution < -0.4 is 0 Å². The van der Waals surface area contributed by atoms with Gasteiger partial charge in [-0.25, -0.2) is 0 Å². The van der Waals surface area contributed by atoms with Gasteiger partial charge in [0.05, 0.1) is 11.7 Å². The average Bonchev–Trinajstić information content (AvgIpc) is 2.28. The van der Waals surface area contributed by atoms with Crippen LogP contribution in [0.2, 0.25) is 0 Å². The summed E-state index contributed by atoms with van der Waals surface area (Å²) in [7, 11) is 0. The van der Waals surface area contributed by atoms with Crippen LogP contribution in [0.15, 0.2) is 0 Å². The predicted molar refractivity (Wildman–Crippen MR) is 78.8 cm³/mol. The molecule has 1 fully saturated rings. The Bertz CT molecular complexity index is 224. The Hall–Kier alpha value is 0.440. The molecule has 1 saturated carbocycles. The maximum Gasteiger partial charge on any atom is 0.0782 e. The Morgan fingerprint density at radius 2 is 1.82 bits per heavy atom. The molecule has 1 unspecified atom stereocenters. The third kappa shape index (κ3) is 4.24. The molecule has 0 aliphatic heterocycles. The predicted octanol–water partition coefficient (Wildman–Crippen LogP) is 5.17. The minimum absolute atomic E-state index is 0.108. The third-order valence-electron chi connectivity index (χ3n) is 4.39. The van der Waals surface area contributed by atoms with Gasteiger partial charge >= 0.3 is 0 Å². The largest absolute Gasteiger partial charge is 0.371 e. The van der Waals surface area contributed by atoms with Gasteiger partial charge in [0.15, 0.2) is 0 Å². The third-order valence-corrected chi connectivity index (χ3v) is 5.41. The van der Waals surface area contributed by atoms with Gasteiger partial charge in [0, 0.05) is 5.33 Å². The molecule has 17 heavy (non-hydrogen) atoms. The minimum atomic E-state index is 0.108. The Labute approximate surface area is 116 Å². The van der Waals surface area contributed by atoms with Gasteiger partial charge < -0.3 is 4.74 Å². The number of hydrogen-bond acceptors (Lipinski definition) is 1. The fourth-order valence-corrected chi connectivity index (χ4v) is 3.50. The van der Waals surface area contributed by atoms with E-state index < -0.39 is 0 Å². The molecule has 0 amide bonds. The highest BCUT2D eigenvalue weighted by Crippen LogP contribution is 2.44. The standard InChI is InChI=1S/C15H29BrO/c1-6-12(2)17-15(11-16)9-7-13(8-10-15)14(3,4)5/h12-13H,6-11H2,1-5H3. The molecule has 0 N–H and O–H groups in total. The van der Waals surface area contributed by atoms with Crippen molar-refractivity contribution in [2.24, 2.45) is 11.3 Å². The van der Waals surface area contributed by atoms with Crippen molar-refractivity contribution in [2.75, 3.05) is 5.33 Å². The van der Waals surface area contributed by atoms with Crippen LogP contribution in [0, 0.1) is 11.3 Å². The number of ether oxygens (including phenoxy) is 1. The fraction of sp³-hybridized carbons (Fsp3) is 1.00. The van der Waals surface area contributed by atoms with Crippen molar-refractivity contribution in [1.82, 2.24) is 0 Å². The molecule has 0 spiro atoms. The lowest BCUT2D eigenvalue weighted by Gasteiger charge is -2.44. The first kappa shape index (κ1) is 15.5. The smallest absolute Gasteiger partial charge is 0.0782 e. The van der Waals surface area contributed by atoms with Crippen molar-refractivity contribution < 1.29 is 4.74 Å². The van der Waals surface area contributed by atoms with Crippen molar-refractivity contribution in [2.45, 2.75) is 78.4 Å². The topological polar surface area (TPSA) is 9.23 Å². The lowest BCUT2D eigenvalue weighted by Crippen LogP contribution is -2.43. The van der Waals surface area contributed by atoms with E-state index in [-0.39, 0.29) is 5.60 Å². The van der Waals surface area contributed by atoms with Gasteiger partial charge in [-0.05, 0) is 50.4 Å². The van der Waals surface area contributed by atoms with Crippen LogP contribution in [-0.2, 0) is 4.74 Å². The molecule has 2 heteroatoms. The van der Waals surface area contributed by atoms with E-state index in [1.165, 1.54) is 25.7 Å². The lowest BCUT2D eigenvalue weighted by atomic mass is 9.69. The summed E-state index contributed by atoms with van der Waals surface area (Å²) in [6.07, 6.45) is 6.54. The molecule has 1 rings (SSSR count). The van der Waals surface area contributed by atoms with Gasteiger partial charge in [0.25, 0.3) is 0 Å². The van der Waals surface area contributed by atoms with E-state index in [0.717, 1.165) is 17.7 Å². The SMILES string of the molecule is CCC(C)OC1(CBr)CCC(C(C)(C)C)CC1. The quantitative estimate of drug-likeness (QED) is 0.651. The molecule has 102 valence electrons. The summed E-state index contributed by atoms with van der Waals surface area (Å²) >= 11 is 3.67. The maximum atomic E-state index is 6.29. The van der Waals surface area contributed by atoms with Crippen LogP contribution in [0.3, 0.4) is 0 Å². The van der Waals surface area contributed by atoms with Crippen molar-refractivity contribution in [3.63, 3.8) is 0 Å². The molecule has 0 aromatic heterocycles. The van der Waals surface area contributed by atoms with Gasteiger partial charge in [-0.1, -0.05) is 43.6 Å². The zero-order chi connectivity index (χ0) is 13.1. The zero-order valence-electron chi connectivity index (χ0n) is 12.2. The lowest BCUT2D eigenvalue weighted by molar-refractivity contribution is -0.104. The summed E-state index contributed by atoms with van der Waals surface area (Å²) < 4.78 is 6.29. The minimum Gasteiger partial charge on any atom is -0.371 e. The van der Waals surface area contributed by atoms with Crippen LogP contribution in [-0.4, -0.2) is 17.0 Å². The van der Waals surface area contributed by atoms with E-state index in [4.69, 9.17) is 4.74 Å². The number of hydrogen-bond donors (Lipinski definition) is 0. The molecule has 0 aromatic carbocycles. The second-order valence-electron chi connectivity index (χ2n) is 6.79. The van der Waals surface area contributed by atoms with E-state index in [1.54, 1.807) is 0 Å². The van der Waals surface area contributed by atoms with Crippen LogP contribution in [0.5, 0.6) is 0 Å². The summed E-state index contributed by atoms with van der Waals surface area (Å²) in [6, 6.07) is 0. The first-order valence-electron chi connectivity index (χ1n) is 7.07. The molecule has 0 heterocycles. The van der Waals surface area contributed by atoms with Crippen LogP contribution >= 0.6 is 15.9 Å². The molecule has 1 aliphatic carbocycles. The molecule has 1 aliphatic rings. The maximum absolute atomic E-state index is 6.29.